The number of amides is 1. The van der Waals surface area contributed by atoms with Crippen molar-refractivity contribution in [3.05, 3.63) is 16.9 Å². The molecule has 170 valence electrons. The molecule has 4 heterocycles. The summed E-state index contributed by atoms with van der Waals surface area (Å²) in [4.78, 5) is 30.7. The fourth-order valence-corrected chi connectivity index (χ4v) is 4.54. The standard InChI is InChI=1S/C21H26ClN7O3/c1-13-17-16(10-24-18(13)22)19(26-20(25-17)32-12-15-4-3-7-27(15)2)28-8-9-29(21(30)31)14(11-28)5-6-23/h10,14-15H,3-5,7-9,11-12H2,1-2H3,(H,30,31)/t14-,15-/m0/s1. The van der Waals surface area contributed by atoms with Crippen LogP contribution < -0.4 is 9.64 Å². The van der Waals surface area contributed by atoms with Crippen LogP contribution in [0, 0.1) is 18.3 Å². The lowest BCUT2D eigenvalue weighted by atomic mass is 10.1. The minimum atomic E-state index is -1.02. The van der Waals surface area contributed by atoms with E-state index in [-0.39, 0.29) is 19.0 Å². The van der Waals surface area contributed by atoms with Gasteiger partial charge < -0.3 is 24.5 Å². The topological polar surface area (TPSA) is 119 Å². The summed E-state index contributed by atoms with van der Waals surface area (Å²) >= 11 is 6.26. The number of hydrogen-bond donors (Lipinski definition) is 1. The number of halogens is 1. The number of likely N-dealkylation sites (tertiary alicyclic amines) is 1. The van der Waals surface area contributed by atoms with Crippen LogP contribution in [0.25, 0.3) is 10.9 Å². The molecule has 1 N–H and O–H groups in total. The van der Waals surface area contributed by atoms with E-state index in [1.54, 1.807) is 6.20 Å². The summed E-state index contributed by atoms with van der Waals surface area (Å²) in [7, 11) is 2.08. The number of hydrogen-bond acceptors (Lipinski definition) is 8. The van der Waals surface area contributed by atoms with Crippen molar-refractivity contribution in [3.8, 4) is 12.1 Å². The molecule has 2 aliphatic rings. The Morgan fingerprint density at radius 3 is 2.84 bits per heavy atom. The van der Waals surface area contributed by atoms with Crippen LogP contribution in [0.15, 0.2) is 6.20 Å². The minimum Gasteiger partial charge on any atom is -0.465 e. The molecule has 4 rings (SSSR count). The van der Waals surface area contributed by atoms with E-state index >= 15 is 0 Å². The summed E-state index contributed by atoms with van der Waals surface area (Å²) in [6, 6.07) is 2.22. The van der Waals surface area contributed by atoms with Crippen molar-refractivity contribution in [1.82, 2.24) is 24.8 Å². The SMILES string of the molecule is Cc1c(Cl)ncc2c(N3CCN(C(=O)O)[C@@H](CC#N)C3)nc(OC[C@@H]3CCCN3C)nc12. The fraction of sp³-hybridized carbons (Fsp3) is 0.571. The Morgan fingerprint density at radius 1 is 1.34 bits per heavy atom. The van der Waals surface area contributed by atoms with Crippen molar-refractivity contribution in [1.29, 1.82) is 5.26 Å². The zero-order chi connectivity index (χ0) is 22.8. The predicted octanol–water partition coefficient (Wildman–Crippen LogP) is 2.54. The van der Waals surface area contributed by atoms with E-state index in [0.717, 1.165) is 30.3 Å². The van der Waals surface area contributed by atoms with Crippen LogP contribution in [0.3, 0.4) is 0 Å². The largest absolute Gasteiger partial charge is 0.465 e. The third-order valence-electron chi connectivity index (χ3n) is 6.31. The van der Waals surface area contributed by atoms with E-state index in [9.17, 15) is 15.2 Å². The maximum Gasteiger partial charge on any atom is 0.407 e. The number of pyridine rings is 1. The van der Waals surface area contributed by atoms with Gasteiger partial charge in [-0.3, -0.25) is 0 Å². The molecule has 0 radical (unpaired) electrons. The number of likely N-dealkylation sites (N-methyl/N-ethyl adjacent to an activating group) is 1. The van der Waals surface area contributed by atoms with E-state index in [1.165, 1.54) is 4.90 Å². The highest BCUT2D eigenvalue weighted by Crippen LogP contribution is 2.32. The number of anilines is 1. The van der Waals surface area contributed by atoms with Crippen molar-refractivity contribution in [2.75, 3.05) is 44.7 Å². The van der Waals surface area contributed by atoms with Gasteiger partial charge in [-0.2, -0.15) is 15.2 Å². The van der Waals surface area contributed by atoms with Gasteiger partial charge in [0.1, 0.15) is 17.6 Å². The Kier molecular flexibility index (Phi) is 6.48. The first kappa shape index (κ1) is 22.3. The Bertz CT molecular complexity index is 1060. The number of carboxylic acid groups (broad SMARTS) is 1. The molecule has 10 nitrogen and oxygen atoms in total. The average Bonchev–Trinajstić information content (AvgIpc) is 3.19. The smallest absolute Gasteiger partial charge is 0.407 e. The van der Waals surface area contributed by atoms with Crippen molar-refractivity contribution in [3.63, 3.8) is 0 Å². The van der Waals surface area contributed by atoms with Gasteiger partial charge in [0, 0.05) is 37.4 Å². The van der Waals surface area contributed by atoms with Gasteiger partial charge in [0.25, 0.3) is 0 Å². The van der Waals surface area contributed by atoms with E-state index in [1.807, 2.05) is 11.8 Å². The number of ether oxygens (including phenoxy) is 1. The van der Waals surface area contributed by atoms with E-state index in [2.05, 4.69) is 33.0 Å². The number of carbonyl (C=O) groups is 1. The molecule has 0 bridgehead atoms. The van der Waals surface area contributed by atoms with Crippen LogP contribution in [0.5, 0.6) is 6.01 Å². The lowest BCUT2D eigenvalue weighted by Gasteiger charge is -2.39. The van der Waals surface area contributed by atoms with Gasteiger partial charge in [-0.15, -0.1) is 0 Å². The third-order valence-corrected chi connectivity index (χ3v) is 6.69. The monoisotopic (exact) mass is 459 g/mol. The van der Waals surface area contributed by atoms with E-state index < -0.39 is 12.1 Å². The molecule has 1 amide bonds. The second-order valence-corrected chi connectivity index (χ2v) is 8.65. The normalized spacial score (nSPS) is 21.7. The zero-order valence-corrected chi connectivity index (χ0v) is 18.9. The van der Waals surface area contributed by atoms with Gasteiger partial charge in [-0.1, -0.05) is 11.6 Å². The molecule has 11 heteroatoms. The molecule has 0 saturated carbocycles. The van der Waals surface area contributed by atoms with Gasteiger partial charge in [0.2, 0.25) is 0 Å². The van der Waals surface area contributed by atoms with Crippen LogP contribution >= 0.6 is 11.6 Å². The fourth-order valence-electron chi connectivity index (χ4n) is 4.40. The maximum atomic E-state index is 11.6. The molecule has 0 unspecified atom stereocenters. The third kappa shape index (κ3) is 4.36. The zero-order valence-electron chi connectivity index (χ0n) is 18.2. The number of aromatic nitrogens is 3. The van der Waals surface area contributed by atoms with Crippen LogP contribution in [0.2, 0.25) is 5.15 Å². The molecule has 0 aromatic carbocycles. The Morgan fingerprint density at radius 2 is 2.16 bits per heavy atom. The predicted molar refractivity (Wildman–Crippen MR) is 119 cm³/mol. The Hall–Kier alpha value is -2.90. The van der Waals surface area contributed by atoms with Crippen molar-refractivity contribution < 1.29 is 14.6 Å². The molecule has 2 fully saturated rings. The van der Waals surface area contributed by atoms with Gasteiger partial charge in [0.05, 0.1) is 29.4 Å². The highest BCUT2D eigenvalue weighted by Gasteiger charge is 2.32. The first-order valence-electron chi connectivity index (χ1n) is 10.7. The number of piperazine rings is 1. The molecule has 2 aliphatic heterocycles. The molecule has 32 heavy (non-hydrogen) atoms. The Balaban J connectivity index is 1.68. The number of nitrogens with zero attached hydrogens (tertiary/aromatic N) is 7. The summed E-state index contributed by atoms with van der Waals surface area (Å²) < 4.78 is 6.02. The first-order valence-corrected chi connectivity index (χ1v) is 11.0. The van der Waals surface area contributed by atoms with Crippen LogP contribution in [0.1, 0.15) is 24.8 Å². The molecule has 2 atom stereocenters. The van der Waals surface area contributed by atoms with Crippen molar-refractivity contribution >= 4 is 34.4 Å². The van der Waals surface area contributed by atoms with Crippen LogP contribution in [0.4, 0.5) is 10.6 Å². The van der Waals surface area contributed by atoms with Crippen molar-refractivity contribution in [2.45, 2.75) is 38.3 Å². The molecular formula is C21H26ClN7O3. The number of nitriles is 1. The lowest BCUT2D eigenvalue weighted by Crippen LogP contribution is -2.55. The van der Waals surface area contributed by atoms with E-state index in [4.69, 9.17) is 16.3 Å². The minimum absolute atomic E-state index is 0.103. The molecule has 2 aromatic rings. The molecule has 0 spiro atoms. The highest BCUT2D eigenvalue weighted by molar-refractivity contribution is 6.31. The summed E-state index contributed by atoms with van der Waals surface area (Å²) in [5.74, 6) is 0.616. The summed E-state index contributed by atoms with van der Waals surface area (Å²) in [5.41, 5.74) is 1.38. The molecule has 2 aromatic heterocycles. The number of aryl methyl sites for hydroxylation is 1. The molecular weight excluding hydrogens is 434 g/mol. The summed E-state index contributed by atoms with van der Waals surface area (Å²) in [6.45, 7) is 4.45. The first-order chi connectivity index (χ1) is 15.4. The quantitative estimate of drug-likeness (QED) is 0.672. The van der Waals surface area contributed by atoms with Gasteiger partial charge in [-0.05, 0) is 33.4 Å². The summed E-state index contributed by atoms with van der Waals surface area (Å²) in [5, 5.41) is 19.8. The van der Waals surface area contributed by atoms with Gasteiger partial charge in [-0.25, -0.2) is 9.78 Å². The van der Waals surface area contributed by atoms with Gasteiger partial charge in [0.15, 0.2) is 0 Å². The lowest BCUT2D eigenvalue weighted by molar-refractivity contribution is 0.119. The van der Waals surface area contributed by atoms with Gasteiger partial charge >= 0.3 is 12.1 Å². The highest BCUT2D eigenvalue weighted by atomic mass is 35.5. The number of rotatable bonds is 5. The second-order valence-electron chi connectivity index (χ2n) is 8.29. The maximum absolute atomic E-state index is 11.6. The van der Waals surface area contributed by atoms with Crippen LogP contribution in [-0.2, 0) is 0 Å². The summed E-state index contributed by atoms with van der Waals surface area (Å²) in [6.07, 6.45) is 2.93. The number of fused-ring (bicyclic) bond motifs is 1. The Labute approximate surface area is 191 Å². The second kappa shape index (κ2) is 9.30. The van der Waals surface area contributed by atoms with Crippen molar-refractivity contribution in [2.24, 2.45) is 0 Å². The average molecular weight is 460 g/mol. The van der Waals surface area contributed by atoms with E-state index in [0.29, 0.717) is 42.2 Å². The molecule has 2 saturated heterocycles. The molecule has 0 aliphatic carbocycles. The van der Waals surface area contributed by atoms with Crippen LogP contribution in [-0.4, -0.2) is 87.9 Å².